The third-order valence-electron chi connectivity index (χ3n) is 2.05. The van der Waals surface area contributed by atoms with Crippen LogP contribution in [0, 0.1) is 11.0 Å². The molecule has 0 radical (unpaired) electrons. The molecule has 0 saturated heterocycles. The molecular weight excluding hydrogens is 190 g/mol. The zero-order valence-corrected chi connectivity index (χ0v) is 7.28. The third kappa shape index (κ3) is 1.30. The van der Waals surface area contributed by atoms with Gasteiger partial charge in [0, 0.05) is 6.07 Å². The summed E-state index contributed by atoms with van der Waals surface area (Å²) in [5.74, 6) is -0.434. The van der Waals surface area contributed by atoms with Gasteiger partial charge in [-0.1, -0.05) is 0 Å². The molecule has 1 aromatic carbocycles. The first-order chi connectivity index (χ1) is 6.72. The Morgan fingerprint density at radius 2 is 2.21 bits per heavy atom. The lowest BCUT2D eigenvalue weighted by molar-refractivity contribution is -0.578. The van der Waals surface area contributed by atoms with E-state index in [1.165, 1.54) is 29.1 Å². The zero-order chi connectivity index (χ0) is 10.1. The Balaban J connectivity index is 2.66. The highest BCUT2D eigenvalue weighted by atomic mass is 19.1. The van der Waals surface area contributed by atoms with E-state index in [0.29, 0.717) is 15.8 Å². The standard InChI is InChI=1S/C9H8F2N2O/c10-3-4-12-6-13(14)8-2-1-7(11)5-9(8)12/h1-2,5-6H,3-4H2. The van der Waals surface area contributed by atoms with Crippen molar-refractivity contribution >= 4 is 11.0 Å². The molecule has 0 aliphatic carbocycles. The van der Waals surface area contributed by atoms with Crippen molar-refractivity contribution in [3.63, 3.8) is 0 Å². The van der Waals surface area contributed by atoms with Gasteiger partial charge in [0.25, 0.3) is 0 Å². The summed E-state index contributed by atoms with van der Waals surface area (Å²) in [6.07, 6.45) is 1.21. The second kappa shape index (κ2) is 3.25. The summed E-state index contributed by atoms with van der Waals surface area (Å²) >= 11 is 0. The molecule has 0 aliphatic rings. The number of aryl methyl sites for hydroxylation is 1. The van der Waals surface area contributed by atoms with E-state index >= 15 is 0 Å². The smallest absolute Gasteiger partial charge is 0.247 e. The molecular formula is C9H8F2N2O. The molecule has 0 N–H and O–H groups in total. The van der Waals surface area contributed by atoms with Gasteiger partial charge in [0.05, 0.1) is 0 Å². The predicted octanol–water partition coefficient (Wildman–Crippen LogP) is 1.38. The van der Waals surface area contributed by atoms with E-state index in [4.69, 9.17) is 0 Å². The lowest BCUT2D eigenvalue weighted by atomic mass is 10.3. The lowest BCUT2D eigenvalue weighted by Gasteiger charge is -1.94. The molecule has 2 rings (SSSR count). The Morgan fingerprint density at radius 3 is 2.93 bits per heavy atom. The van der Waals surface area contributed by atoms with E-state index in [9.17, 15) is 14.0 Å². The van der Waals surface area contributed by atoms with E-state index in [-0.39, 0.29) is 6.54 Å². The maximum absolute atomic E-state index is 12.8. The largest absolute Gasteiger partial charge is 0.710 e. The minimum Gasteiger partial charge on any atom is -0.710 e. The highest BCUT2D eigenvalue weighted by Crippen LogP contribution is 2.12. The summed E-state index contributed by atoms with van der Waals surface area (Å²) in [7, 11) is 0. The van der Waals surface area contributed by atoms with Crippen LogP contribution in [-0.2, 0) is 6.54 Å². The average Bonchev–Trinajstić information content (AvgIpc) is 2.44. The molecule has 0 saturated carbocycles. The van der Waals surface area contributed by atoms with Crippen LogP contribution in [0.15, 0.2) is 24.5 Å². The highest BCUT2D eigenvalue weighted by molar-refractivity contribution is 5.71. The first kappa shape index (κ1) is 8.93. The number of imidazole rings is 1. The monoisotopic (exact) mass is 198 g/mol. The maximum Gasteiger partial charge on any atom is 0.247 e. The summed E-state index contributed by atoms with van der Waals surface area (Å²) in [5, 5.41) is 11.2. The Morgan fingerprint density at radius 1 is 1.43 bits per heavy atom. The topological polar surface area (TPSA) is 31.9 Å². The fraction of sp³-hybridized carbons (Fsp3) is 0.222. The average molecular weight is 198 g/mol. The van der Waals surface area contributed by atoms with Crippen molar-refractivity contribution in [2.45, 2.75) is 6.54 Å². The predicted molar refractivity (Wildman–Crippen MR) is 46.8 cm³/mol. The number of halogens is 2. The van der Waals surface area contributed by atoms with Crippen molar-refractivity contribution in [1.29, 1.82) is 0 Å². The van der Waals surface area contributed by atoms with Crippen molar-refractivity contribution in [3.8, 4) is 0 Å². The quantitative estimate of drug-likeness (QED) is 0.530. The van der Waals surface area contributed by atoms with Crippen LogP contribution in [0.1, 0.15) is 0 Å². The molecule has 2 aromatic rings. The van der Waals surface area contributed by atoms with Crippen LogP contribution < -0.4 is 4.73 Å². The Hall–Kier alpha value is -1.65. The highest BCUT2D eigenvalue weighted by Gasteiger charge is 2.11. The molecule has 1 heterocycles. The van der Waals surface area contributed by atoms with Gasteiger partial charge in [-0.2, -0.15) is 0 Å². The van der Waals surface area contributed by atoms with Crippen molar-refractivity contribution in [2.75, 3.05) is 6.67 Å². The van der Waals surface area contributed by atoms with Crippen LogP contribution >= 0.6 is 0 Å². The number of fused-ring (bicyclic) bond motifs is 1. The van der Waals surface area contributed by atoms with Crippen LogP contribution in [0.3, 0.4) is 0 Å². The van der Waals surface area contributed by atoms with Gasteiger partial charge in [-0.15, -0.1) is 0 Å². The number of benzene rings is 1. The molecule has 5 heteroatoms. The van der Waals surface area contributed by atoms with E-state index < -0.39 is 12.5 Å². The van der Waals surface area contributed by atoms with Gasteiger partial charge in [-0.05, 0) is 12.1 Å². The number of alkyl halides is 1. The van der Waals surface area contributed by atoms with Crippen molar-refractivity contribution in [2.24, 2.45) is 0 Å². The molecule has 0 atom stereocenters. The molecule has 14 heavy (non-hydrogen) atoms. The Bertz CT molecular complexity index is 467. The first-order valence-corrected chi connectivity index (χ1v) is 4.16. The number of hydrogen-bond acceptors (Lipinski definition) is 1. The SMILES string of the molecule is [O-][n+]1cn(CCF)c2cc(F)ccc21. The van der Waals surface area contributed by atoms with Gasteiger partial charge in [0.15, 0.2) is 11.0 Å². The van der Waals surface area contributed by atoms with Gasteiger partial charge in [-0.25, -0.2) is 18.1 Å². The van der Waals surface area contributed by atoms with Crippen molar-refractivity contribution < 1.29 is 13.5 Å². The van der Waals surface area contributed by atoms with E-state index in [1.807, 2.05) is 0 Å². The number of rotatable bonds is 2. The number of hydrogen-bond donors (Lipinski definition) is 0. The van der Waals surface area contributed by atoms with Crippen LogP contribution in [0.2, 0.25) is 0 Å². The van der Waals surface area contributed by atoms with Gasteiger partial charge in [0.2, 0.25) is 6.33 Å². The van der Waals surface area contributed by atoms with Gasteiger partial charge in [0.1, 0.15) is 19.0 Å². The number of nitrogens with zero attached hydrogens (tertiary/aromatic N) is 2. The van der Waals surface area contributed by atoms with Gasteiger partial charge >= 0.3 is 0 Å². The summed E-state index contributed by atoms with van der Waals surface area (Å²) in [6.45, 7) is -0.518. The Kier molecular flexibility index (Phi) is 2.07. The Labute approximate surface area is 78.8 Å². The van der Waals surface area contributed by atoms with Gasteiger partial charge < -0.3 is 5.21 Å². The molecule has 0 unspecified atom stereocenters. The first-order valence-electron chi connectivity index (χ1n) is 4.16. The lowest BCUT2D eigenvalue weighted by Crippen LogP contribution is -2.23. The molecule has 0 spiro atoms. The van der Waals surface area contributed by atoms with E-state index in [1.54, 1.807) is 0 Å². The minimum atomic E-state index is -0.583. The van der Waals surface area contributed by atoms with E-state index in [0.717, 1.165) is 0 Å². The maximum atomic E-state index is 12.8. The fourth-order valence-electron chi connectivity index (χ4n) is 1.43. The normalized spacial score (nSPS) is 11.0. The molecule has 0 fully saturated rings. The van der Waals surface area contributed by atoms with Gasteiger partial charge in [-0.3, -0.25) is 0 Å². The summed E-state index contributed by atoms with van der Waals surface area (Å²) < 4.78 is 26.9. The van der Waals surface area contributed by atoms with Crippen molar-refractivity contribution in [1.82, 2.24) is 4.57 Å². The summed E-state index contributed by atoms with van der Waals surface area (Å²) in [4.78, 5) is 0. The molecule has 74 valence electrons. The third-order valence-corrected chi connectivity index (χ3v) is 2.05. The van der Waals surface area contributed by atoms with E-state index in [2.05, 4.69) is 0 Å². The molecule has 0 amide bonds. The summed E-state index contributed by atoms with van der Waals surface area (Å²) in [5.41, 5.74) is 0.762. The molecule has 1 aromatic heterocycles. The minimum absolute atomic E-state index is 0.0647. The summed E-state index contributed by atoms with van der Waals surface area (Å²) in [6, 6.07) is 3.81. The zero-order valence-electron chi connectivity index (χ0n) is 7.28. The van der Waals surface area contributed by atoms with Crippen LogP contribution in [0.5, 0.6) is 0 Å². The molecule has 0 aliphatic heterocycles. The second-order valence-corrected chi connectivity index (χ2v) is 2.96. The fourth-order valence-corrected chi connectivity index (χ4v) is 1.43. The van der Waals surface area contributed by atoms with Crippen LogP contribution in [0.4, 0.5) is 8.78 Å². The number of aromatic nitrogens is 2. The molecule has 0 bridgehead atoms. The second-order valence-electron chi connectivity index (χ2n) is 2.96. The van der Waals surface area contributed by atoms with Crippen LogP contribution in [-0.4, -0.2) is 11.2 Å². The van der Waals surface area contributed by atoms with Crippen LogP contribution in [0.25, 0.3) is 11.0 Å². The van der Waals surface area contributed by atoms with Crippen molar-refractivity contribution in [3.05, 3.63) is 35.6 Å². The molecule has 3 nitrogen and oxygen atoms in total.